The molecule has 1 heterocycles. The zero-order valence-electron chi connectivity index (χ0n) is 53.2. The maximum atomic E-state index is 14.4. The predicted octanol–water partition coefficient (Wildman–Crippen LogP) is -2.09. The fourth-order valence-electron chi connectivity index (χ4n) is 9.68. The lowest BCUT2D eigenvalue weighted by atomic mass is 9.90. The number of nitrogens with two attached hydrogens (primary N) is 2. The van der Waals surface area contributed by atoms with E-state index < -0.39 is 59.7 Å². The fraction of sp³-hybridized carbons (Fsp3) is 0.532. The minimum atomic E-state index is -1.05. The smallest absolute Gasteiger partial charge is 0.321 e. The Hall–Kier alpha value is -9.01. The van der Waals surface area contributed by atoms with E-state index in [1.165, 1.54) is 12.1 Å². The van der Waals surface area contributed by atoms with Crippen LogP contribution in [0.2, 0.25) is 0 Å². The van der Waals surface area contributed by atoms with E-state index in [9.17, 15) is 68.4 Å². The van der Waals surface area contributed by atoms with Crippen molar-refractivity contribution >= 4 is 71.0 Å². The summed E-state index contributed by atoms with van der Waals surface area (Å²) in [7, 11) is 1.83. The molecule has 1 aliphatic heterocycles. The summed E-state index contributed by atoms with van der Waals surface area (Å²) in [4.78, 5) is 138. The summed E-state index contributed by atoms with van der Waals surface area (Å²) in [5.74, 6) is -6.01. The highest BCUT2D eigenvalue weighted by atomic mass is 16.4. The van der Waals surface area contributed by atoms with Crippen molar-refractivity contribution in [2.45, 2.75) is 70.0 Å². The molecule has 0 bridgehead atoms. The molecule has 93 heavy (non-hydrogen) atoms. The van der Waals surface area contributed by atoms with E-state index in [2.05, 4.69) is 52.8 Å². The highest BCUT2D eigenvalue weighted by molar-refractivity contribution is 5.95. The van der Waals surface area contributed by atoms with Crippen molar-refractivity contribution in [1.29, 1.82) is 0 Å². The van der Waals surface area contributed by atoms with Crippen molar-refractivity contribution in [2.75, 3.05) is 150 Å². The number of nitrogens with zero attached hydrogens (tertiary/aromatic N) is 6. The van der Waals surface area contributed by atoms with Gasteiger partial charge in [-0.15, -0.1) is 0 Å². The molecule has 1 fully saturated rings. The number of phenolic OH excluding ortho intramolecular Hbond substituents is 1. The number of carbonyl (C=O) groups excluding carboxylic acids is 7. The molecule has 17 N–H and O–H groups in total. The standard InChI is InChI=1S/C62H95N17O14/c1-3-51(81)66-25-26-71-62(93)74-61(64)70-22-7-11-50(59(91)72-39-44-12-18-48(80)19-13-44)73-60(92)57(45-9-5-4-6-10-45)46-14-16-47(17-15-46)65-23-8-24-69-58(90)49(63)20-21-52(82)67-27-29-75(2)30-28-68-53(83)40-76-31-33-77(41-54(84)85)35-37-79(43-56(88)89)38-36-78(34-32-76)42-55(86)87/h4-6,9-10,12-19,49-50,57,65,80H,3,7-8,11,20-43,63H2,1-2H3,(H,66,81)(H,67,82)(H,68,83)(H,69,90)(H,72,91)(H,73,92)(H,84,85)(H,86,87)(H,88,89)(H4,64,70,71,74,93)/t49-,50-,57-/m1/s1. The molecule has 0 aliphatic carbocycles. The Kier molecular flexibility index (Phi) is 35.3. The predicted molar refractivity (Wildman–Crippen MR) is 348 cm³/mol. The number of carboxylic acids is 3. The molecule has 3 aromatic rings. The van der Waals surface area contributed by atoms with Crippen LogP contribution in [0, 0.1) is 0 Å². The second-order valence-electron chi connectivity index (χ2n) is 22.4. The molecule has 1 aliphatic rings. The number of anilines is 1. The van der Waals surface area contributed by atoms with E-state index in [1.807, 2.05) is 71.4 Å². The van der Waals surface area contributed by atoms with Crippen LogP contribution in [-0.4, -0.2) is 267 Å². The van der Waals surface area contributed by atoms with Gasteiger partial charge in [0.1, 0.15) is 11.8 Å². The van der Waals surface area contributed by atoms with Gasteiger partial charge in [-0.1, -0.05) is 61.5 Å². The SMILES string of the molecule is CCC(=O)NCCNC(=O)NC(N)=NCCC[C@@H](NC(=O)[C@H](c1ccccc1)c1ccc(NCCCNC(=O)[C@H](N)CCC(=O)NCCN(C)CCNC(=O)CN2CCN(CC(=O)O)CCN(CC(=O)O)CCN(CC(=O)O)CC2)cc1)C(=O)NCc1ccc(O)cc1. The molecule has 8 amide bonds. The molecule has 512 valence electrons. The summed E-state index contributed by atoms with van der Waals surface area (Å²) in [6, 6.07) is 20.2. The van der Waals surface area contributed by atoms with Gasteiger partial charge in [0.2, 0.25) is 35.4 Å². The number of nitrogens with one attached hydrogen (secondary N) is 9. The van der Waals surface area contributed by atoms with Crippen LogP contribution < -0.4 is 59.3 Å². The molecule has 31 heteroatoms. The van der Waals surface area contributed by atoms with Gasteiger partial charge in [-0.25, -0.2) is 4.79 Å². The number of aliphatic carboxylic acids is 3. The van der Waals surface area contributed by atoms with Crippen LogP contribution in [0.4, 0.5) is 10.5 Å². The van der Waals surface area contributed by atoms with Gasteiger partial charge in [-0.3, -0.25) is 73.1 Å². The van der Waals surface area contributed by atoms with Gasteiger partial charge in [-0.05, 0) is 73.7 Å². The number of carbonyl (C=O) groups is 10. The average molecular weight is 1300 g/mol. The minimum Gasteiger partial charge on any atom is -0.508 e. The summed E-state index contributed by atoms with van der Waals surface area (Å²) in [5, 5.41) is 63.5. The number of phenols is 1. The van der Waals surface area contributed by atoms with E-state index >= 15 is 0 Å². The van der Waals surface area contributed by atoms with Crippen molar-refractivity contribution in [1.82, 2.24) is 67.0 Å². The maximum Gasteiger partial charge on any atom is 0.321 e. The topological polar surface area (TPSA) is 440 Å². The Morgan fingerprint density at radius 3 is 1.65 bits per heavy atom. The molecule has 4 rings (SSSR count). The van der Waals surface area contributed by atoms with Crippen LogP contribution in [0.3, 0.4) is 0 Å². The number of amides is 8. The molecule has 0 unspecified atom stereocenters. The van der Waals surface area contributed by atoms with Crippen molar-refractivity contribution in [2.24, 2.45) is 16.5 Å². The third kappa shape index (κ3) is 32.7. The number of benzene rings is 3. The van der Waals surface area contributed by atoms with Crippen LogP contribution >= 0.6 is 0 Å². The maximum absolute atomic E-state index is 14.4. The fourth-order valence-corrected chi connectivity index (χ4v) is 9.68. The lowest BCUT2D eigenvalue weighted by Gasteiger charge is -2.32. The summed E-state index contributed by atoms with van der Waals surface area (Å²) >= 11 is 0. The number of carboxylic acid groups (broad SMARTS) is 3. The molecule has 0 radical (unpaired) electrons. The van der Waals surface area contributed by atoms with E-state index in [1.54, 1.807) is 33.8 Å². The number of urea groups is 1. The second kappa shape index (κ2) is 42.9. The molecule has 0 aromatic heterocycles. The average Bonchev–Trinajstić information content (AvgIpc) is 1.13. The first-order valence-corrected chi connectivity index (χ1v) is 31.2. The molecule has 0 saturated carbocycles. The summed E-state index contributed by atoms with van der Waals surface area (Å²) < 4.78 is 0. The Morgan fingerprint density at radius 1 is 0.559 bits per heavy atom. The third-order valence-electron chi connectivity index (χ3n) is 14.9. The molecule has 31 nitrogen and oxygen atoms in total. The van der Waals surface area contributed by atoms with Crippen molar-refractivity contribution < 1.29 is 68.4 Å². The van der Waals surface area contributed by atoms with E-state index in [0.29, 0.717) is 82.7 Å². The van der Waals surface area contributed by atoms with Gasteiger partial charge in [0, 0.05) is 136 Å². The number of rotatable bonds is 38. The van der Waals surface area contributed by atoms with Gasteiger partial charge in [0.25, 0.3) is 0 Å². The summed E-state index contributed by atoms with van der Waals surface area (Å²) in [6.07, 6.45) is 1.46. The van der Waals surface area contributed by atoms with Crippen LogP contribution in [0.1, 0.15) is 68.1 Å². The lowest BCUT2D eigenvalue weighted by Crippen LogP contribution is -2.50. The molecular weight excluding hydrogens is 1210 g/mol. The van der Waals surface area contributed by atoms with Crippen molar-refractivity contribution in [3.8, 4) is 5.75 Å². The van der Waals surface area contributed by atoms with Gasteiger partial charge >= 0.3 is 23.9 Å². The number of hydrogen-bond donors (Lipinski definition) is 15. The number of aliphatic imine (C=N–C) groups is 1. The van der Waals surface area contributed by atoms with Crippen molar-refractivity contribution in [3.63, 3.8) is 0 Å². The number of likely N-dealkylation sites (N-methyl/N-ethyl adjacent to an activating group) is 1. The van der Waals surface area contributed by atoms with Gasteiger partial charge in [-0.2, -0.15) is 0 Å². The molecule has 1 saturated heterocycles. The second-order valence-corrected chi connectivity index (χ2v) is 22.4. The number of guanidine groups is 1. The van der Waals surface area contributed by atoms with E-state index in [4.69, 9.17) is 11.5 Å². The Balaban J connectivity index is 1.18. The van der Waals surface area contributed by atoms with Gasteiger partial charge < -0.3 is 79.3 Å². The lowest BCUT2D eigenvalue weighted by molar-refractivity contribution is -0.140. The first kappa shape index (κ1) is 76.4. The Bertz CT molecular complexity index is 2840. The Labute approximate surface area is 542 Å². The molecule has 3 aromatic carbocycles. The first-order chi connectivity index (χ1) is 44.6. The van der Waals surface area contributed by atoms with Crippen molar-refractivity contribution in [3.05, 3.63) is 95.6 Å². The zero-order chi connectivity index (χ0) is 67.9. The first-order valence-electron chi connectivity index (χ1n) is 31.2. The molecular formula is C62H95N17O14. The largest absolute Gasteiger partial charge is 0.508 e. The van der Waals surface area contributed by atoms with E-state index in [0.717, 1.165) is 11.3 Å². The normalized spacial score (nSPS) is 14.8. The summed E-state index contributed by atoms with van der Waals surface area (Å²) in [5.41, 5.74) is 14.9. The minimum absolute atomic E-state index is 0.0151. The third-order valence-corrected chi connectivity index (χ3v) is 14.9. The number of hydrogen-bond acceptors (Lipinski definition) is 19. The van der Waals surface area contributed by atoms with Gasteiger partial charge in [0.05, 0.1) is 38.1 Å². The molecule has 3 atom stereocenters. The summed E-state index contributed by atoms with van der Waals surface area (Å²) in [6.45, 7) is 6.11. The molecule has 0 spiro atoms. The van der Waals surface area contributed by atoms with E-state index in [-0.39, 0.29) is 140 Å². The van der Waals surface area contributed by atoms with Crippen LogP contribution in [0.5, 0.6) is 5.75 Å². The van der Waals surface area contributed by atoms with Crippen LogP contribution in [-0.2, 0) is 49.7 Å². The van der Waals surface area contributed by atoms with Crippen LogP contribution in [0.25, 0.3) is 0 Å². The quantitative estimate of drug-likeness (QED) is 0.0166. The monoisotopic (exact) mass is 1300 g/mol. The highest BCUT2D eigenvalue weighted by Gasteiger charge is 2.29. The highest BCUT2D eigenvalue weighted by Crippen LogP contribution is 2.27. The zero-order valence-corrected chi connectivity index (χ0v) is 53.2. The number of aromatic hydroxyl groups is 1. The Morgan fingerprint density at radius 2 is 1.09 bits per heavy atom. The van der Waals surface area contributed by atoms with Crippen LogP contribution in [0.15, 0.2) is 83.9 Å². The van der Waals surface area contributed by atoms with Gasteiger partial charge in [0.15, 0.2) is 5.96 Å².